The topological polar surface area (TPSA) is 164 Å². The van der Waals surface area contributed by atoms with Gasteiger partial charge in [0.2, 0.25) is 0 Å². The van der Waals surface area contributed by atoms with Crippen LogP contribution in [0.1, 0.15) is 19.3 Å². The summed E-state index contributed by atoms with van der Waals surface area (Å²) in [6.45, 7) is 0.604. The van der Waals surface area contributed by atoms with Crippen molar-refractivity contribution in [3.63, 3.8) is 0 Å². The Morgan fingerprint density at radius 3 is 1.88 bits per heavy atom. The van der Waals surface area contributed by atoms with Gasteiger partial charge in [0.25, 0.3) is 0 Å². The van der Waals surface area contributed by atoms with Gasteiger partial charge in [0.05, 0.1) is 0 Å². The number of rotatable bonds is 5. The van der Waals surface area contributed by atoms with Crippen LogP contribution in [-0.4, -0.2) is 41.2 Å². The average molecular weight is 310 g/mol. The first-order valence-corrected chi connectivity index (χ1v) is 5.46. The van der Waals surface area contributed by atoms with E-state index in [2.05, 4.69) is 0 Å². The molecule has 0 fully saturated rings. The third-order valence-electron chi connectivity index (χ3n) is 1.29. The number of hydrogen-bond acceptors (Lipinski definition) is 5. The maximum Gasteiger partial charge on any atom is 0.394 e. The van der Waals surface area contributed by atoms with Crippen molar-refractivity contribution in [2.24, 2.45) is 11.5 Å². The van der Waals surface area contributed by atoms with Crippen molar-refractivity contribution < 1.29 is 46.9 Å². The number of carboxylic acids is 1. The molecule has 0 heterocycles. The summed E-state index contributed by atoms with van der Waals surface area (Å²) in [5, 5.41) is 8.33. The molecule has 8 nitrogen and oxygen atoms in total. The minimum atomic E-state index is -4.67. The molecule has 0 aliphatic rings. The van der Waals surface area contributed by atoms with Crippen LogP contribution in [0.2, 0.25) is 0 Å². The van der Waals surface area contributed by atoms with Crippen LogP contribution in [0.4, 0.5) is 0 Å². The van der Waals surface area contributed by atoms with Crippen LogP contribution in [0.25, 0.3) is 0 Å². The Labute approximate surface area is 107 Å². The fourth-order valence-electron chi connectivity index (χ4n) is 0.632. The molecule has 0 amide bonds. The summed E-state index contributed by atoms with van der Waals surface area (Å²) >= 11 is 0. The van der Waals surface area contributed by atoms with Gasteiger partial charge < -0.3 is 16.6 Å². The molecule has 0 aliphatic heterocycles. The van der Waals surface area contributed by atoms with Gasteiger partial charge in [0.1, 0.15) is 6.04 Å². The summed E-state index contributed by atoms with van der Waals surface area (Å²) in [5.41, 5.74) is 10.4. The molecule has 10 heteroatoms. The Balaban J connectivity index is -0.000000242. The second-order valence-corrected chi connectivity index (χ2v) is 3.57. The summed E-state index contributed by atoms with van der Waals surface area (Å²) in [4.78, 5) is 10.1. The van der Waals surface area contributed by atoms with Crippen LogP contribution in [-0.2, 0) is 34.7 Å². The number of hydrogen-bond donors (Lipinski definition) is 5. The Hall–Kier alpha value is -0.117. The molecule has 0 saturated heterocycles. The zero-order chi connectivity index (χ0) is 12.5. The van der Waals surface area contributed by atoms with E-state index in [9.17, 15) is 4.79 Å². The van der Waals surface area contributed by atoms with Gasteiger partial charge >= 0.3 is 16.4 Å². The predicted molar refractivity (Wildman–Crippen MR) is 52.7 cm³/mol. The van der Waals surface area contributed by atoms with Crippen LogP contribution in [0, 0.1) is 0 Å². The largest absolute Gasteiger partial charge is 0.480 e. The van der Waals surface area contributed by atoms with Crippen LogP contribution >= 0.6 is 0 Å². The summed E-state index contributed by atoms with van der Waals surface area (Å²) in [6, 6.07) is -0.716. The minimum absolute atomic E-state index is 0. The van der Waals surface area contributed by atoms with Crippen molar-refractivity contribution in [2.45, 2.75) is 25.3 Å². The van der Waals surface area contributed by atoms with E-state index in [-0.39, 0.29) is 19.5 Å². The first kappa shape index (κ1) is 21.2. The van der Waals surface area contributed by atoms with Crippen molar-refractivity contribution in [3.05, 3.63) is 0 Å². The van der Waals surface area contributed by atoms with Crippen LogP contribution in [0.15, 0.2) is 0 Å². The zero-order valence-electron chi connectivity index (χ0n) is 8.74. The molecule has 7 N–H and O–H groups in total. The third-order valence-corrected chi connectivity index (χ3v) is 1.29. The molecule has 16 heavy (non-hydrogen) atoms. The fourth-order valence-corrected chi connectivity index (χ4v) is 0.632. The normalized spacial score (nSPS) is 11.8. The summed E-state index contributed by atoms with van der Waals surface area (Å²) < 4.78 is 31.6. The maximum atomic E-state index is 10.1. The molecule has 0 rings (SSSR count). The predicted octanol–water partition coefficient (Wildman–Crippen LogP) is -1.13. The Bertz CT molecular complexity index is 262. The summed E-state index contributed by atoms with van der Waals surface area (Å²) in [7, 11) is -4.67. The SMILES string of the molecule is NCCCC[C@H](N)C(=O)O.O=S(=O)(O)O.[Zn]. The van der Waals surface area contributed by atoms with E-state index in [0.717, 1.165) is 12.8 Å². The number of carbonyl (C=O) groups is 1. The van der Waals surface area contributed by atoms with Crippen molar-refractivity contribution in [1.82, 2.24) is 0 Å². The van der Waals surface area contributed by atoms with E-state index in [1.165, 1.54) is 0 Å². The summed E-state index contributed by atoms with van der Waals surface area (Å²) in [5.74, 6) is -0.933. The van der Waals surface area contributed by atoms with E-state index in [4.69, 9.17) is 34.1 Å². The molecule has 0 aliphatic carbocycles. The third kappa shape index (κ3) is 29.2. The molecule has 0 bridgehead atoms. The molecule has 0 radical (unpaired) electrons. The fraction of sp³-hybridized carbons (Fsp3) is 0.833. The Morgan fingerprint density at radius 1 is 1.25 bits per heavy atom. The first-order chi connectivity index (χ1) is 6.68. The van der Waals surface area contributed by atoms with Crippen molar-refractivity contribution in [3.8, 4) is 0 Å². The van der Waals surface area contributed by atoms with Gasteiger partial charge in [-0.3, -0.25) is 13.9 Å². The molecular weight excluding hydrogens is 294 g/mol. The molecular formula is C6H16N2O6SZn. The molecule has 0 saturated carbocycles. The molecule has 1 atom stereocenters. The van der Waals surface area contributed by atoms with E-state index < -0.39 is 22.4 Å². The molecule has 0 unspecified atom stereocenters. The summed E-state index contributed by atoms with van der Waals surface area (Å²) in [6.07, 6.45) is 2.16. The Morgan fingerprint density at radius 2 is 1.62 bits per heavy atom. The maximum absolute atomic E-state index is 10.1. The van der Waals surface area contributed by atoms with Gasteiger partial charge in [-0.1, -0.05) is 6.42 Å². The molecule has 0 spiro atoms. The molecule has 0 aromatic heterocycles. The number of aliphatic carboxylic acids is 1. The number of nitrogens with two attached hydrogens (primary N) is 2. The van der Waals surface area contributed by atoms with Gasteiger partial charge in [-0.2, -0.15) is 8.42 Å². The second-order valence-electron chi connectivity index (χ2n) is 2.68. The Kier molecular flexibility index (Phi) is 15.1. The van der Waals surface area contributed by atoms with E-state index >= 15 is 0 Å². The van der Waals surface area contributed by atoms with Gasteiger partial charge in [-0.05, 0) is 19.4 Å². The smallest absolute Gasteiger partial charge is 0.394 e. The zero-order valence-corrected chi connectivity index (χ0v) is 12.5. The van der Waals surface area contributed by atoms with Crippen molar-refractivity contribution in [2.75, 3.05) is 6.54 Å². The quantitative estimate of drug-likeness (QED) is 0.242. The number of unbranched alkanes of at least 4 members (excludes halogenated alkanes) is 1. The van der Waals surface area contributed by atoms with Crippen LogP contribution < -0.4 is 11.5 Å². The second kappa shape index (κ2) is 11.4. The van der Waals surface area contributed by atoms with E-state index in [0.29, 0.717) is 13.0 Å². The van der Waals surface area contributed by atoms with E-state index in [1.807, 2.05) is 0 Å². The van der Waals surface area contributed by atoms with Gasteiger partial charge in [0, 0.05) is 19.5 Å². The van der Waals surface area contributed by atoms with Crippen molar-refractivity contribution >= 4 is 16.4 Å². The van der Waals surface area contributed by atoms with E-state index in [1.54, 1.807) is 0 Å². The number of carboxylic acid groups (broad SMARTS) is 1. The van der Waals surface area contributed by atoms with Crippen LogP contribution in [0.3, 0.4) is 0 Å². The first-order valence-electron chi connectivity index (χ1n) is 4.06. The minimum Gasteiger partial charge on any atom is -0.480 e. The van der Waals surface area contributed by atoms with Gasteiger partial charge in [-0.25, -0.2) is 0 Å². The molecule has 94 valence electrons. The monoisotopic (exact) mass is 308 g/mol. The average Bonchev–Trinajstić information content (AvgIpc) is 2.01. The van der Waals surface area contributed by atoms with Crippen molar-refractivity contribution in [1.29, 1.82) is 0 Å². The molecule has 0 aromatic rings. The van der Waals surface area contributed by atoms with Crippen LogP contribution in [0.5, 0.6) is 0 Å². The van der Waals surface area contributed by atoms with Gasteiger partial charge in [0.15, 0.2) is 0 Å². The van der Waals surface area contributed by atoms with Gasteiger partial charge in [-0.15, -0.1) is 0 Å². The standard InChI is InChI=1S/C6H14N2O2.H2O4S.Zn/c7-4-2-1-3-5(8)6(9)10;1-5(2,3)4;/h5H,1-4,7-8H2,(H,9,10);(H2,1,2,3,4);/t5-;;/m0../s1. The molecule has 0 aromatic carbocycles.